The van der Waals surface area contributed by atoms with Gasteiger partial charge >= 0.3 is 0 Å². The van der Waals surface area contributed by atoms with Crippen molar-refractivity contribution in [2.45, 2.75) is 91.1 Å². The Morgan fingerprint density at radius 3 is 2.70 bits per heavy atom. The minimum absolute atomic E-state index is 0. The third-order valence-electron chi connectivity index (χ3n) is 9.71. The third-order valence-corrected chi connectivity index (χ3v) is 9.71. The van der Waals surface area contributed by atoms with E-state index in [4.69, 9.17) is 0 Å². The fourth-order valence-electron chi connectivity index (χ4n) is 7.94. The third kappa shape index (κ3) is 4.80. The van der Waals surface area contributed by atoms with E-state index in [0.29, 0.717) is 30.1 Å². The Morgan fingerprint density at radius 2 is 2.00 bits per heavy atom. The van der Waals surface area contributed by atoms with Gasteiger partial charge in [-0.3, -0.25) is 4.79 Å². The summed E-state index contributed by atoms with van der Waals surface area (Å²) in [6.07, 6.45) is 17.3. The number of allylic oxidation sites excluding steroid dienone is 3. The molecular weight excluding hydrogens is 583 g/mol. The Balaban J connectivity index is 0.00000306. The topological polar surface area (TPSA) is 52.9 Å². The van der Waals surface area contributed by atoms with Crippen molar-refractivity contribution in [3.8, 4) is 0 Å². The molecule has 3 fully saturated rings. The average Bonchev–Trinajstić information content (AvgIpc) is 3.10. The molecule has 1 unspecified atom stereocenters. The number of nitrogens with zero attached hydrogens (tertiary/aromatic N) is 2. The van der Waals surface area contributed by atoms with Crippen LogP contribution in [0.15, 0.2) is 29.0 Å². The Labute approximate surface area is 215 Å². The minimum atomic E-state index is -0.500. The molecule has 0 spiro atoms. The molecule has 4 aliphatic rings. The van der Waals surface area contributed by atoms with Crippen molar-refractivity contribution in [2.24, 2.45) is 39.6 Å². The van der Waals surface area contributed by atoms with Crippen LogP contribution in [0.3, 0.4) is 0 Å². The summed E-state index contributed by atoms with van der Waals surface area (Å²) in [7, 11) is 0. The van der Waals surface area contributed by atoms with Gasteiger partial charge in [-0.05, 0) is 93.3 Å². The molecule has 5 heteroatoms. The Bertz CT molecular complexity index is 819. The molecule has 0 aromatic heterocycles. The zero-order chi connectivity index (χ0) is 23.1. The van der Waals surface area contributed by atoms with E-state index in [2.05, 4.69) is 38.9 Å². The molecular formula is C28H43N2O2Re-. The summed E-state index contributed by atoms with van der Waals surface area (Å²) in [5.74, 6) is 2.25. The number of carbonyl (C=O) groups is 1. The molecule has 4 nitrogen and oxygen atoms in total. The maximum Gasteiger partial charge on any atom is 0.156 e. The van der Waals surface area contributed by atoms with Crippen molar-refractivity contribution in [3.63, 3.8) is 0 Å². The molecule has 4 rings (SSSR count). The van der Waals surface area contributed by atoms with Crippen molar-refractivity contribution in [3.05, 3.63) is 30.8 Å². The van der Waals surface area contributed by atoms with Crippen molar-refractivity contribution in [1.82, 2.24) is 5.01 Å². The SMILES string of the molecule is [CH2-]/C=C\N(CC(=O)[C@H]1CCC2[C@@H]3CC[C@@H]4C[C@](C)(O)CC[C@]4(C)C3=CC[C@@]21C)/N=C\CC.[Re]. The monoisotopic (exact) mass is 626 g/mol. The largest absolute Gasteiger partial charge is 0.390 e. The second kappa shape index (κ2) is 10.0. The van der Waals surface area contributed by atoms with Crippen LogP contribution in [-0.2, 0) is 25.2 Å². The predicted molar refractivity (Wildman–Crippen MR) is 131 cm³/mol. The molecule has 0 aliphatic heterocycles. The molecule has 3 saturated carbocycles. The van der Waals surface area contributed by atoms with Crippen LogP contribution in [0.1, 0.15) is 85.5 Å². The molecule has 0 aromatic carbocycles. The summed E-state index contributed by atoms with van der Waals surface area (Å²) < 4.78 is 0. The van der Waals surface area contributed by atoms with Crippen LogP contribution >= 0.6 is 0 Å². The van der Waals surface area contributed by atoms with E-state index in [9.17, 15) is 9.90 Å². The number of hydrogen-bond donors (Lipinski definition) is 1. The van der Waals surface area contributed by atoms with E-state index in [0.717, 1.165) is 44.9 Å². The Hall–Kier alpha value is -0.888. The van der Waals surface area contributed by atoms with Crippen molar-refractivity contribution < 1.29 is 30.3 Å². The summed E-state index contributed by atoms with van der Waals surface area (Å²) in [5, 5.41) is 16.9. The van der Waals surface area contributed by atoms with Gasteiger partial charge in [-0.15, -0.1) is 6.20 Å². The van der Waals surface area contributed by atoms with Gasteiger partial charge in [0.2, 0.25) is 0 Å². The normalized spacial score (nSPS) is 42.3. The summed E-state index contributed by atoms with van der Waals surface area (Å²) in [6.45, 7) is 13.1. The van der Waals surface area contributed by atoms with E-state index in [1.807, 2.05) is 13.1 Å². The van der Waals surface area contributed by atoms with Crippen LogP contribution in [0.5, 0.6) is 0 Å². The zero-order valence-corrected chi connectivity index (χ0v) is 23.7. The standard InChI is InChI=1S/C28H43N2O2.Re/c1-6-16-29-30(17-7-2)19-25(31)24-11-10-22-21-9-8-20-18-26(3,32)14-15-27(20,4)23(21)12-13-28(22,24)5;/h7,12,16-17,20-22,24,32H,2,6,8-11,13-15,18-19H2,1,3-5H3;/q-1;/b17-7-,29-16-;/t20-,21+,22?,24-,26-,27+,28+;/m1./s1. The van der Waals surface area contributed by atoms with E-state index in [-0.39, 0.29) is 37.2 Å². The number of fused-ring (bicyclic) bond motifs is 5. The number of hydrazone groups is 1. The van der Waals surface area contributed by atoms with Crippen LogP contribution in [0, 0.1) is 41.4 Å². The molecule has 7 atom stereocenters. The minimum Gasteiger partial charge on any atom is -0.390 e. The van der Waals surface area contributed by atoms with Crippen LogP contribution in [-0.4, -0.2) is 34.3 Å². The van der Waals surface area contributed by atoms with E-state index < -0.39 is 5.60 Å². The zero-order valence-electron chi connectivity index (χ0n) is 21.0. The van der Waals surface area contributed by atoms with Gasteiger partial charge in [-0.25, -0.2) is 18.1 Å². The molecule has 0 aromatic rings. The van der Waals surface area contributed by atoms with E-state index in [1.165, 1.54) is 12.8 Å². The second-order valence-corrected chi connectivity index (χ2v) is 11.8. The Morgan fingerprint density at radius 1 is 1.24 bits per heavy atom. The smallest absolute Gasteiger partial charge is 0.156 e. The van der Waals surface area contributed by atoms with Gasteiger partial charge in [0, 0.05) is 32.6 Å². The predicted octanol–water partition coefficient (Wildman–Crippen LogP) is 5.93. The summed E-state index contributed by atoms with van der Waals surface area (Å²) in [5.41, 5.74) is 1.47. The first-order valence-corrected chi connectivity index (χ1v) is 12.8. The fourth-order valence-corrected chi connectivity index (χ4v) is 7.94. The maximum absolute atomic E-state index is 13.5. The van der Waals surface area contributed by atoms with E-state index >= 15 is 0 Å². The number of carbonyl (C=O) groups excluding carboxylic acids is 1. The van der Waals surface area contributed by atoms with Gasteiger partial charge in [-0.1, -0.05) is 32.4 Å². The second-order valence-electron chi connectivity index (χ2n) is 11.8. The molecule has 0 heterocycles. The number of Topliss-reactive ketones (excluding diaryl/α,β-unsaturated/α-hetero) is 1. The van der Waals surface area contributed by atoms with Gasteiger partial charge in [0.05, 0.1) is 12.1 Å². The first-order valence-electron chi connectivity index (χ1n) is 12.8. The van der Waals surface area contributed by atoms with Gasteiger partial charge < -0.3 is 10.1 Å². The molecule has 1 N–H and O–H groups in total. The molecule has 0 amide bonds. The summed E-state index contributed by atoms with van der Waals surface area (Å²) >= 11 is 0. The first kappa shape index (κ1) is 26.7. The van der Waals surface area contributed by atoms with Gasteiger partial charge in [0.25, 0.3) is 0 Å². The molecule has 1 radical (unpaired) electrons. The van der Waals surface area contributed by atoms with E-state index in [1.54, 1.807) is 22.9 Å². The first-order chi connectivity index (χ1) is 15.1. The number of ketones is 1. The van der Waals surface area contributed by atoms with Crippen molar-refractivity contribution in [1.29, 1.82) is 0 Å². The van der Waals surface area contributed by atoms with Crippen LogP contribution < -0.4 is 0 Å². The Kier molecular flexibility index (Phi) is 8.10. The molecule has 185 valence electrons. The van der Waals surface area contributed by atoms with Crippen LogP contribution in [0.4, 0.5) is 0 Å². The molecule has 0 bridgehead atoms. The van der Waals surface area contributed by atoms with Crippen molar-refractivity contribution >= 4 is 12.0 Å². The van der Waals surface area contributed by atoms with Crippen molar-refractivity contribution in [2.75, 3.05) is 6.54 Å². The van der Waals surface area contributed by atoms with Gasteiger partial charge in [0.15, 0.2) is 5.78 Å². The molecule has 0 saturated heterocycles. The summed E-state index contributed by atoms with van der Waals surface area (Å²) in [4.78, 5) is 13.5. The number of aliphatic hydroxyl groups is 1. The number of rotatable bonds is 6. The quantitative estimate of drug-likeness (QED) is 0.172. The van der Waals surface area contributed by atoms with Gasteiger partial charge in [-0.2, -0.15) is 0 Å². The van der Waals surface area contributed by atoms with Crippen LogP contribution in [0.2, 0.25) is 0 Å². The molecule has 4 aliphatic carbocycles. The average molecular weight is 626 g/mol. The fraction of sp³-hybridized carbons (Fsp3) is 0.750. The maximum atomic E-state index is 13.5. The number of hydrogen-bond acceptors (Lipinski definition) is 4. The molecule has 33 heavy (non-hydrogen) atoms. The van der Waals surface area contributed by atoms with Gasteiger partial charge in [0.1, 0.15) is 0 Å². The van der Waals surface area contributed by atoms with Crippen LogP contribution in [0.25, 0.3) is 0 Å². The summed E-state index contributed by atoms with van der Waals surface area (Å²) in [6, 6.07) is 0.